The number of benzene rings is 1. The number of hydroxylamine groups is 1. The third-order valence-corrected chi connectivity index (χ3v) is 5.83. The van der Waals surface area contributed by atoms with Crippen LogP contribution in [0.4, 0.5) is 4.79 Å². The molecule has 2 aromatic rings. The number of hydrogen-bond donors (Lipinski definition) is 2. The average Bonchev–Trinajstić information content (AvgIpc) is 3.33. The molecule has 1 amide bonds. The Balaban J connectivity index is 1.19. The second-order valence-corrected chi connectivity index (χ2v) is 9.29. The Labute approximate surface area is 181 Å². The van der Waals surface area contributed by atoms with Crippen molar-refractivity contribution in [1.29, 1.82) is 0 Å². The van der Waals surface area contributed by atoms with Crippen molar-refractivity contribution in [1.82, 2.24) is 30.4 Å². The zero-order valence-electron chi connectivity index (χ0n) is 18.2. The second kappa shape index (κ2) is 8.03. The van der Waals surface area contributed by atoms with Gasteiger partial charge in [-0.3, -0.25) is 19.7 Å². The molecular formula is C21H30N6O4. The van der Waals surface area contributed by atoms with Crippen molar-refractivity contribution in [2.45, 2.75) is 44.9 Å². The highest BCUT2D eigenvalue weighted by molar-refractivity contribution is 5.79. The van der Waals surface area contributed by atoms with Crippen molar-refractivity contribution in [3.63, 3.8) is 0 Å². The number of nitrogens with one attached hydrogen (secondary N) is 2. The Kier molecular flexibility index (Phi) is 5.35. The third kappa shape index (κ3) is 4.26. The number of aromatic nitrogens is 2. The molecule has 10 nitrogen and oxygen atoms in total. The van der Waals surface area contributed by atoms with Crippen LogP contribution < -0.4 is 10.8 Å². The largest absolute Gasteiger partial charge is 0.444 e. The van der Waals surface area contributed by atoms with E-state index in [9.17, 15) is 4.79 Å². The smallest absolute Gasteiger partial charge is 0.410 e. The Morgan fingerprint density at radius 3 is 2.65 bits per heavy atom. The van der Waals surface area contributed by atoms with Crippen molar-refractivity contribution in [3.05, 3.63) is 30.0 Å². The molecule has 1 aromatic heterocycles. The Bertz CT molecular complexity index is 945. The lowest BCUT2D eigenvalue weighted by molar-refractivity contribution is -0.0267. The molecule has 1 aromatic carbocycles. The van der Waals surface area contributed by atoms with E-state index in [1.54, 1.807) is 4.90 Å². The van der Waals surface area contributed by atoms with Crippen LogP contribution in [-0.4, -0.2) is 77.0 Å². The summed E-state index contributed by atoms with van der Waals surface area (Å²) >= 11 is 0. The fraction of sp³-hybridized carbons (Fsp3) is 0.619. The molecule has 168 valence electrons. The maximum absolute atomic E-state index is 12.3. The van der Waals surface area contributed by atoms with E-state index in [1.165, 1.54) is 0 Å². The van der Waals surface area contributed by atoms with E-state index < -0.39 is 5.60 Å². The van der Waals surface area contributed by atoms with Gasteiger partial charge in [0.2, 0.25) is 0 Å². The number of carbonyl (C=O) groups is 1. The van der Waals surface area contributed by atoms with Crippen LogP contribution in [0.15, 0.2) is 24.4 Å². The standard InChI is InChI=1S/C21H30N6O4/c1-21(2,3)30-20(28)26-8-6-25(7-9-26)19-23-18(31-24-19)14-4-5-15-11-22-27(17(15)10-14)16-12-29-13-16/h4-5,10-11,16,18-19,23-24H,6-9,12-13H2,1-3H3/t18-,19?/m0/s1. The van der Waals surface area contributed by atoms with Gasteiger partial charge in [-0.1, -0.05) is 12.1 Å². The Morgan fingerprint density at radius 1 is 1.19 bits per heavy atom. The number of fused-ring (bicyclic) bond motifs is 1. The highest BCUT2D eigenvalue weighted by Crippen LogP contribution is 2.27. The van der Waals surface area contributed by atoms with Crippen molar-refractivity contribution in [2.24, 2.45) is 0 Å². The van der Waals surface area contributed by atoms with Gasteiger partial charge in [-0.05, 0) is 32.4 Å². The molecule has 31 heavy (non-hydrogen) atoms. The molecule has 1 unspecified atom stereocenters. The summed E-state index contributed by atoms with van der Waals surface area (Å²) in [4.78, 5) is 22.1. The predicted octanol–water partition coefficient (Wildman–Crippen LogP) is 1.57. The van der Waals surface area contributed by atoms with Gasteiger partial charge in [-0.2, -0.15) is 10.6 Å². The van der Waals surface area contributed by atoms with E-state index in [2.05, 4.69) is 39.0 Å². The van der Waals surface area contributed by atoms with Gasteiger partial charge in [-0.25, -0.2) is 4.79 Å². The van der Waals surface area contributed by atoms with Crippen molar-refractivity contribution in [2.75, 3.05) is 39.4 Å². The number of rotatable bonds is 3. The first-order valence-corrected chi connectivity index (χ1v) is 10.8. The first-order chi connectivity index (χ1) is 14.9. The maximum atomic E-state index is 12.3. The lowest BCUT2D eigenvalue weighted by atomic mass is 10.1. The van der Waals surface area contributed by atoms with Crippen molar-refractivity contribution in [3.8, 4) is 0 Å². The lowest BCUT2D eigenvalue weighted by Gasteiger charge is -2.37. The van der Waals surface area contributed by atoms with Gasteiger partial charge in [0.15, 0.2) is 6.23 Å². The highest BCUT2D eigenvalue weighted by atomic mass is 16.7. The number of carbonyl (C=O) groups excluding carboxylic acids is 1. The Morgan fingerprint density at radius 2 is 1.97 bits per heavy atom. The van der Waals surface area contributed by atoms with Gasteiger partial charge in [0.1, 0.15) is 11.9 Å². The molecule has 3 saturated heterocycles. The predicted molar refractivity (Wildman–Crippen MR) is 113 cm³/mol. The quantitative estimate of drug-likeness (QED) is 0.758. The zero-order chi connectivity index (χ0) is 21.6. The minimum atomic E-state index is -0.480. The van der Waals surface area contributed by atoms with Gasteiger partial charge in [-0.15, -0.1) is 0 Å². The van der Waals surface area contributed by atoms with Crippen LogP contribution in [-0.2, 0) is 14.3 Å². The lowest BCUT2D eigenvalue weighted by Crippen LogP contribution is -2.57. The Hall–Kier alpha value is -2.24. The molecular weight excluding hydrogens is 400 g/mol. The highest BCUT2D eigenvalue weighted by Gasteiger charge is 2.34. The van der Waals surface area contributed by atoms with Crippen LogP contribution in [0.25, 0.3) is 10.9 Å². The number of ether oxygens (including phenoxy) is 2. The first-order valence-electron chi connectivity index (χ1n) is 10.8. The maximum Gasteiger partial charge on any atom is 0.410 e. The fourth-order valence-electron chi connectivity index (χ4n) is 4.05. The summed E-state index contributed by atoms with van der Waals surface area (Å²) < 4.78 is 12.8. The second-order valence-electron chi connectivity index (χ2n) is 9.29. The van der Waals surface area contributed by atoms with Gasteiger partial charge >= 0.3 is 6.09 Å². The molecule has 4 heterocycles. The van der Waals surface area contributed by atoms with E-state index in [-0.39, 0.29) is 18.6 Å². The van der Waals surface area contributed by atoms with Crippen molar-refractivity contribution >= 4 is 17.0 Å². The van der Waals surface area contributed by atoms with Gasteiger partial charge in [0.25, 0.3) is 0 Å². The van der Waals surface area contributed by atoms with Gasteiger partial charge in [0.05, 0.1) is 31.0 Å². The number of amides is 1. The summed E-state index contributed by atoms with van der Waals surface area (Å²) in [5.41, 5.74) is 4.74. The van der Waals surface area contributed by atoms with Crippen LogP contribution in [0.1, 0.15) is 38.6 Å². The summed E-state index contributed by atoms with van der Waals surface area (Å²) in [5, 5.41) is 9.13. The molecule has 0 spiro atoms. The van der Waals surface area contributed by atoms with E-state index in [4.69, 9.17) is 14.3 Å². The molecule has 3 aliphatic heterocycles. The first kappa shape index (κ1) is 20.7. The minimum absolute atomic E-state index is 0.119. The van der Waals surface area contributed by atoms with Crippen LogP contribution >= 0.6 is 0 Å². The molecule has 0 bridgehead atoms. The normalized spacial score (nSPS) is 25.7. The van der Waals surface area contributed by atoms with Crippen LogP contribution in [0.3, 0.4) is 0 Å². The zero-order valence-corrected chi connectivity index (χ0v) is 18.2. The summed E-state index contributed by atoms with van der Waals surface area (Å²) in [5.74, 6) is 0. The molecule has 2 N–H and O–H groups in total. The summed E-state index contributed by atoms with van der Waals surface area (Å²) in [6.07, 6.45) is 1.26. The van der Waals surface area contributed by atoms with Crippen LogP contribution in [0.5, 0.6) is 0 Å². The van der Waals surface area contributed by atoms with E-state index in [0.717, 1.165) is 29.6 Å². The molecule has 0 saturated carbocycles. The average molecular weight is 431 g/mol. The monoisotopic (exact) mass is 430 g/mol. The SMILES string of the molecule is CC(C)(C)OC(=O)N1CCN(C2NO[C@@H](c3ccc4cnn(C5COC5)c4c3)N2)CC1. The van der Waals surface area contributed by atoms with E-state index >= 15 is 0 Å². The van der Waals surface area contributed by atoms with E-state index in [1.807, 2.05) is 31.6 Å². The molecule has 2 atom stereocenters. The summed E-state index contributed by atoms with van der Waals surface area (Å²) in [6.45, 7) is 9.76. The molecule has 3 fully saturated rings. The van der Waals surface area contributed by atoms with Crippen molar-refractivity contribution < 1.29 is 19.1 Å². The summed E-state index contributed by atoms with van der Waals surface area (Å²) in [6, 6.07) is 6.57. The molecule has 10 heteroatoms. The molecule has 0 radical (unpaired) electrons. The fourth-order valence-corrected chi connectivity index (χ4v) is 4.05. The number of hydrogen-bond acceptors (Lipinski definition) is 8. The molecule has 0 aliphatic carbocycles. The summed E-state index contributed by atoms with van der Waals surface area (Å²) in [7, 11) is 0. The number of piperazine rings is 1. The third-order valence-electron chi connectivity index (χ3n) is 5.83. The minimum Gasteiger partial charge on any atom is -0.444 e. The number of nitrogens with zero attached hydrogens (tertiary/aromatic N) is 4. The van der Waals surface area contributed by atoms with Crippen LogP contribution in [0.2, 0.25) is 0 Å². The van der Waals surface area contributed by atoms with Gasteiger partial charge in [0, 0.05) is 31.6 Å². The van der Waals surface area contributed by atoms with Crippen LogP contribution in [0, 0.1) is 0 Å². The topological polar surface area (TPSA) is 93.1 Å². The van der Waals surface area contributed by atoms with E-state index in [0.29, 0.717) is 32.3 Å². The molecule has 3 aliphatic rings. The molecule has 5 rings (SSSR count). The van der Waals surface area contributed by atoms with Gasteiger partial charge < -0.3 is 14.4 Å².